The number of anilines is 1. The SMILES string of the molecule is CCOC(=O)c1csc(N2CCCOCC2)n1. The topological polar surface area (TPSA) is 51.7 Å². The molecular formula is C11H16N2O3S. The molecule has 0 aliphatic carbocycles. The molecule has 0 atom stereocenters. The fraction of sp³-hybridized carbons (Fsp3) is 0.636. The molecule has 0 unspecified atom stereocenters. The zero-order chi connectivity index (χ0) is 12.1. The molecule has 94 valence electrons. The van der Waals surface area contributed by atoms with E-state index in [-0.39, 0.29) is 5.97 Å². The van der Waals surface area contributed by atoms with Gasteiger partial charge in [0.25, 0.3) is 0 Å². The first kappa shape index (κ1) is 12.3. The van der Waals surface area contributed by atoms with Gasteiger partial charge in [0.15, 0.2) is 10.8 Å². The van der Waals surface area contributed by atoms with Crippen molar-refractivity contribution >= 4 is 22.4 Å². The maximum absolute atomic E-state index is 11.5. The number of rotatable bonds is 3. The maximum Gasteiger partial charge on any atom is 0.357 e. The summed E-state index contributed by atoms with van der Waals surface area (Å²) >= 11 is 1.48. The van der Waals surface area contributed by atoms with Gasteiger partial charge in [-0.05, 0) is 13.3 Å². The van der Waals surface area contributed by atoms with Crippen LogP contribution in [0.2, 0.25) is 0 Å². The highest BCUT2D eigenvalue weighted by atomic mass is 32.1. The van der Waals surface area contributed by atoms with Gasteiger partial charge in [-0.1, -0.05) is 0 Å². The van der Waals surface area contributed by atoms with E-state index in [0.717, 1.165) is 31.2 Å². The zero-order valence-electron chi connectivity index (χ0n) is 9.85. The number of thiazole rings is 1. The first-order valence-electron chi connectivity index (χ1n) is 5.76. The molecule has 1 fully saturated rings. The Morgan fingerprint density at radius 3 is 3.29 bits per heavy atom. The monoisotopic (exact) mass is 256 g/mol. The summed E-state index contributed by atoms with van der Waals surface area (Å²) in [4.78, 5) is 17.9. The van der Waals surface area contributed by atoms with Crippen LogP contribution in [0.1, 0.15) is 23.8 Å². The second-order valence-electron chi connectivity index (χ2n) is 3.69. The van der Waals surface area contributed by atoms with E-state index in [1.807, 2.05) is 0 Å². The molecular weight excluding hydrogens is 240 g/mol. The van der Waals surface area contributed by atoms with E-state index >= 15 is 0 Å². The van der Waals surface area contributed by atoms with Crippen LogP contribution in [0.5, 0.6) is 0 Å². The molecule has 1 aliphatic rings. The maximum atomic E-state index is 11.5. The second-order valence-corrected chi connectivity index (χ2v) is 4.53. The number of carbonyl (C=O) groups is 1. The number of ether oxygens (including phenoxy) is 2. The van der Waals surface area contributed by atoms with Crippen molar-refractivity contribution in [3.63, 3.8) is 0 Å². The molecule has 0 bridgehead atoms. The van der Waals surface area contributed by atoms with Crippen LogP contribution in [-0.4, -0.2) is 43.9 Å². The van der Waals surface area contributed by atoms with Gasteiger partial charge < -0.3 is 14.4 Å². The van der Waals surface area contributed by atoms with Gasteiger partial charge in [0.2, 0.25) is 0 Å². The van der Waals surface area contributed by atoms with Crippen LogP contribution in [0.4, 0.5) is 5.13 Å². The first-order chi connectivity index (χ1) is 8.31. The van der Waals surface area contributed by atoms with Crippen LogP contribution in [0.3, 0.4) is 0 Å². The molecule has 17 heavy (non-hydrogen) atoms. The molecule has 1 aromatic heterocycles. The van der Waals surface area contributed by atoms with Gasteiger partial charge in [0, 0.05) is 25.1 Å². The fourth-order valence-electron chi connectivity index (χ4n) is 1.65. The molecule has 0 spiro atoms. The predicted molar refractivity (Wildman–Crippen MR) is 65.7 cm³/mol. The molecule has 6 heteroatoms. The number of hydrogen-bond donors (Lipinski definition) is 0. The third-order valence-corrected chi connectivity index (χ3v) is 3.37. The van der Waals surface area contributed by atoms with E-state index < -0.39 is 0 Å². The zero-order valence-corrected chi connectivity index (χ0v) is 10.7. The first-order valence-corrected chi connectivity index (χ1v) is 6.64. The largest absolute Gasteiger partial charge is 0.461 e. The number of hydrogen-bond acceptors (Lipinski definition) is 6. The Labute approximate surface area is 104 Å². The van der Waals surface area contributed by atoms with E-state index in [1.165, 1.54) is 11.3 Å². The van der Waals surface area contributed by atoms with Crippen molar-refractivity contribution in [1.29, 1.82) is 0 Å². The van der Waals surface area contributed by atoms with Crippen LogP contribution >= 0.6 is 11.3 Å². The summed E-state index contributed by atoms with van der Waals surface area (Å²) in [5.74, 6) is -0.346. The Morgan fingerprint density at radius 2 is 2.47 bits per heavy atom. The average Bonchev–Trinajstić information content (AvgIpc) is 2.66. The van der Waals surface area contributed by atoms with Crippen molar-refractivity contribution in [3.8, 4) is 0 Å². The van der Waals surface area contributed by atoms with Crippen molar-refractivity contribution in [2.24, 2.45) is 0 Å². The fourth-order valence-corrected chi connectivity index (χ4v) is 2.49. The number of carbonyl (C=O) groups excluding carboxylic acids is 1. The summed E-state index contributed by atoms with van der Waals surface area (Å²) in [7, 11) is 0. The highest BCUT2D eigenvalue weighted by Crippen LogP contribution is 2.21. The third kappa shape index (κ3) is 3.17. The lowest BCUT2D eigenvalue weighted by Gasteiger charge is -2.17. The van der Waals surface area contributed by atoms with Crippen LogP contribution in [0, 0.1) is 0 Å². The average molecular weight is 256 g/mol. The van der Waals surface area contributed by atoms with Gasteiger partial charge in [0.05, 0.1) is 13.2 Å². The highest BCUT2D eigenvalue weighted by molar-refractivity contribution is 7.13. The molecule has 1 saturated heterocycles. The van der Waals surface area contributed by atoms with E-state index in [2.05, 4.69) is 9.88 Å². The summed E-state index contributed by atoms with van der Waals surface area (Å²) in [6.07, 6.45) is 0.994. The summed E-state index contributed by atoms with van der Waals surface area (Å²) in [6.45, 7) is 5.44. The van der Waals surface area contributed by atoms with Gasteiger partial charge in [-0.25, -0.2) is 9.78 Å². The van der Waals surface area contributed by atoms with Gasteiger partial charge >= 0.3 is 5.97 Å². The standard InChI is InChI=1S/C11H16N2O3S/c1-2-16-10(14)9-8-17-11(12-9)13-4-3-6-15-7-5-13/h8H,2-7H2,1H3. The van der Waals surface area contributed by atoms with E-state index in [4.69, 9.17) is 9.47 Å². The highest BCUT2D eigenvalue weighted by Gasteiger charge is 2.17. The normalized spacial score (nSPS) is 16.6. The van der Waals surface area contributed by atoms with E-state index in [0.29, 0.717) is 18.9 Å². The number of esters is 1. The van der Waals surface area contributed by atoms with Crippen molar-refractivity contribution in [2.75, 3.05) is 37.8 Å². The molecule has 0 aromatic carbocycles. The van der Waals surface area contributed by atoms with Crippen LogP contribution in [0.25, 0.3) is 0 Å². The molecule has 1 aliphatic heterocycles. The van der Waals surface area contributed by atoms with Gasteiger partial charge in [-0.3, -0.25) is 0 Å². The van der Waals surface area contributed by atoms with Crippen LogP contribution in [0.15, 0.2) is 5.38 Å². The lowest BCUT2D eigenvalue weighted by molar-refractivity contribution is 0.0520. The molecule has 0 saturated carbocycles. The summed E-state index contributed by atoms with van der Waals surface area (Å²) in [5, 5.41) is 2.62. The molecule has 2 heterocycles. The summed E-state index contributed by atoms with van der Waals surface area (Å²) in [5.41, 5.74) is 0.400. The Kier molecular flexibility index (Phi) is 4.33. The molecule has 5 nitrogen and oxygen atoms in total. The summed E-state index contributed by atoms with van der Waals surface area (Å²) in [6, 6.07) is 0. The molecule has 1 aromatic rings. The quantitative estimate of drug-likeness (QED) is 0.768. The predicted octanol–water partition coefficient (Wildman–Crippen LogP) is 1.55. The van der Waals surface area contributed by atoms with Crippen molar-refractivity contribution in [1.82, 2.24) is 4.98 Å². The Morgan fingerprint density at radius 1 is 1.59 bits per heavy atom. The van der Waals surface area contributed by atoms with Crippen molar-refractivity contribution in [2.45, 2.75) is 13.3 Å². The van der Waals surface area contributed by atoms with Crippen molar-refractivity contribution < 1.29 is 14.3 Å². The molecule has 0 N–H and O–H groups in total. The smallest absolute Gasteiger partial charge is 0.357 e. The minimum absolute atomic E-state index is 0.346. The Bertz CT molecular complexity index is 373. The van der Waals surface area contributed by atoms with Gasteiger partial charge in [0.1, 0.15) is 0 Å². The minimum atomic E-state index is -0.346. The number of aromatic nitrogens is 1. The van der Waals surface area contributed by atoms with E-state index in [9.17, 15) is 4.79 Å². The minimum Gasteiger partial charge on any atom is -0.461 e. The lowest BCUT2D eigenvalue weighted by atomic mass is 10.4. The van der Waals surface area contributed by atoms with Crippen LogP contribution < -0.4 is 4.90 Å². The molecule has 0 radical (unpaired) electrons. The Hall–Kier alpha value is -1.14. The number of nitrogens with zero attached hydrogens (tertiary/aromatic N) is 2. The third-order valence-electron chi connectivity index (χ3n) is 2.47. The molecule has 0 amide bonds. The molecule has 2 rings (SSSR count). The Balaban J connectivity index is 2.03. The van der Waals surface area contributed by atoms with Gasteiger partial charge in [-0.2, -0.15) is 0 Å². The van der Waals surface area contributed by atoms with Crippen LogP contribution in [-0.2, 0) is 9.47 Å². The van der Waals surface area contributed by atoms with Crippen molar-refractivity contribution in [3.05, 3.63) is 11.1 Å². The summed E-state index contributed by atoms with van der Waals surface area (Å²) < 4.78 is 10.3. The van der Waals surface area contributed by atoms with E-state index in [1.54, 1.807) is 12.3 Å². The van der Waals surface area contributed by atoms with Gasteiger partial charge in [-0.15, -0.1) is 11.3 Å². The second kappa shape index (κ2) is 5.97. The lowest BCUT2D eigenvalue weighted by Crippen LogP contribution is -2.25.